The quantitative estimate of drug-likeness (QED) is 0.0245. The van der Waals surface area contributed by atoms with E-state index in [1.54, 1.807) is 0 Å². The summed E-state index contributed by atoms with van der Waals surface area (Å²) in [6.07, 6.45) is 60.6. The van der Waals surface area contributed by atoms with Gasteiger partial charge in [0, 0.05) is 6.42 Å². The molecule has 3 N–H and O–H groups in total. The number of hydrogen-bond donors (Lipinski definition) is 3. The number of carbonyl (C=O) groups is 2. The highest BCUT2D eigenvalue weighted by atomic mass is 16.5. The first-order valence-electron chi connectivity index (χ1n) is 27.7. The number of rotatable bonds is 50. The molecule has 1 amide bonds. The number of ether oxygens (including phenoxy) is 1. The molecule has 0 aromatic carbocycles. The Labute approximate surface area is 392 Å². The highest BCUT2D eigenvalue weighted by molar-refractivity contribution is 5.77. The van der Waals surface area contributed by atoms with Crippen LogP contribution in [0.4, 0.5) is 0 Å². The smallest absolute Gasteiger partial charge is 0.306 e. The van der Waals surface area contributed by atoms with Crippen molar-refractivity contribution in [2.45, 2.75) is 309 Å². The van der Waals surface area contributed by atoms with Crippen molar-refractivity contribution in [2.75, 3.05) is 6.61 Å². The first-order valence-corrected chi connectivity index (χ1v) is 27.7. The highest BCUT2D eigenvalue weighted by Crippen LogP contribution is 2.18. The Balaban J connectivity index is 4.61. The number of aliphatic hydroxyl groups is 2. The lowest BCUT2D eigenvalue weighted by Gasteiger charge is -2.24. The number of aliphatic hydroxyl groups excluding tert-OH is 2. The van der Waals surface area contributed by atoms with E-state index in [-0.39, 0.29) is 24.9 Å². The molecule has 3 unspecified atom stereocenters. The summed E-state index contributed by atoms with van der Waals surface area (Å²) in [5.74, 6) is -0.508. The van der Waals surface area contributed by atoms with Crippen LogP contribution in [0.25, 0.3) is 0 Å². The van der Waals surface area contributed by atoms with Gasteiger partial charge in [-0.25, -0.2) is 0 Å². The molecule has 0 saturated heterocycles. The molecule has 0 bridgehead atoms. The third-order valence-corrected chi connectivity index (χ3v) is 12.7. The summed E-state index contributed by atoms with van der Waals surface area (Å²) >= 11 is 0. The third kappa shape index (κ3) is 46.4. The lowest BCUT2D eigenvalue weighted by molar-refractivity contribution is -0.151. The van der Waals surface area contributed by atoms with Crippen molar-refractivity contribution >= 4 is 11.9 Å². The normalized spacial score (nSPS) is 13.4. The first-order chi connectivity index (χ1) is 31.0. The molecule has 370 valence electrons. The zero-order valence-electron chi connectivity index (χ0n) is 42.2. The summed E-state index contributed by atoms with van der Waals surface area (Å²) in [6, 6.07) is -0.711. The van der Waals surface area contributed by atoms with Gasteiger partial charge in [-0.15, -0.1) is 0 Å². The number of unbranched alkanes of at least 4 members (excludes halogenated alkanes) is 33. The molecule has 6 nitrogen and oxygen atoms in total. The second-order valence-corrected chi connectivity index (χ2v) is 19.0. The molecular formula is C57H107NO5. The fourth-order valence-electron chi connectivity index (χ4n) is 8.48. The van der Waals surface area contributed by atoms with Crippen molar-refractivity contribution < 1.29 is 24.5 Å². The number of allylic oxidation sites excluding steroid dienone is 6. The van der Waals surface area contributed by atoms with Crippen LogP contribution in [0, 0.1) is 0 Å². The Morgan fingerprint density at radius 1 is 0.460 bits per heavy atom. The summed E-state index contributed by atoms with van der Waals surface area (Å²) < 4.78 is 5.93. The van der Waals surface area contributed by atoms with Gasteiger partial charge in [0.25, 0.3) is 0 Å². The standard InChI is InChI=1S/C57H107NO5/c1-4-7-10-13-16-19-22-25-27-29-31-33-36-39-42-45-48-53(63-57(62)50-47-44-41-38-35-30-24-21-18-15-12-9-6-3)51-56(61)58-54(52-59)55(60)49-46-43-40-37-34-32-28-26-23-20-17-14-11-8-5-2/h27,29-31,33,35,53-55,59-60H,4-26,28,32,34,36-52H2,1-3H3,(H,58,61)/b29-27+,33-31+,35-30-. The topological polar surface area (TPSA) is 95.9 Å². The van der Waals surface area contributed by atoms with Gasteiger partial charge in [-0.05, 0) is 77.0 Å². The molecule has 63 heavy (non-hydrogen) atoms. The summed E-state index contributed by atoms with van der Waals surface area (Å²) in [6.45, 7) is 6.48. The molecule has 0 aliphatic carbocycles. The average Bonchev–Trinajstić information content (AvgIpc) is 3.28. The summed E-state index contributed by atoms with van der Waals surface area (Å²) in [5, 5.41) is 23.8. The monoisotopic (exact) mass is 886 g/mol. The maximum Gasteiger partial charge on any atom is 0.306 e. The largest absolute Gasteiger partial charge is 0.462 e. The van der Waals surface area contributed by atoms with Gasteiger partial charge in [-0.1, -0.05) is 237 Å². The second kappa shape index (κ2) is 51.1. The third-order valence-electron chi connectivity index (χ3n) is 12.7. The zero-order chi connectivity index (χ0) is 45.9. The number of amides is 1. The Kier molecular flexibility index (Phi) is 49.5. The van der Waals surface area contributed by atoms with Gasteiger partial charge in [-0.2, -0.15) is 0 Å². The SMILES string of the molecule is CCCCCCCC/C=C\CCCCCC(=O)OC(CCCCC/C=C/C=C/CCCCCCCCC)CC(=O)NC(CO)C(O)CCCCCCCCCCCCCCCCC. The van der Waals surface area contributed by atoms with Crippen molar-refractivity contribution in [2.24, 2.45) is 0 Å². The molecule has 0 heterocycles. The van der Waals surface area contributed by atoms with Crippen LogP contribution in [0.2, 0.25) is 0 Å². The highest BCUT2D eigenvalue weighted by Gasteiger charge is 2.24. The molecular weight excluding hydrogens is 779 g/mol. The van der Waals surface area contributed by atoms with E-state index in [1.807, 2.05) is 0 Å². The fourth-order valence-corrected chi connectivity index (χ4v) is 8.48. The molecule has 0 aliphatic rings. The van der Waals surface area contributed by atoms with Crippen LogP contribution >= 0.6 is 0 Å². The van der Waals surface area contributed by atoms with Crippen LogP contribution in [0.3, 0.4) is 0 Å². The Morgan fingerprint density at radius 2 is 0.810 bits per heavy atom. The van der Waals surface area contributed by atoms with Crippen molar-refractivity contribution in [3.63, 3.8) is 0 Å². The summed E-state index contributed by atoms with van der Waals surface area (Å²) in [5.41, 5.74) is 0. The summed E-state index contributed by atoms with van der Waals surface area (Å²) in [7, 11) is 0. The van der Waals surface area contributed by atoms with E-state index in [1.165, 1.54) is 167 Å². The van der Waals surface area contributed by atoms with Crippen molar-refractivity contribution in [3.8, 4) is 0 Å². The van der Waals surface area contributed by atoms with Gasteiger partial charge in [0.2, 0.25) is 5.91 Å². The zero-order valence-corrected chi connectivity index (χ0v) is 42.2. The minimum atomic E-state index is -0.796. The molecule has 0 saturated carbocycles. The van der Waals surface area contributed by atoms with Crippen LogP contribution in [0.5, 0.6) is 0 Å². The van der Waals surface area contributed by atoms with Crippen molar-refractivity contribution in [1.29, 1.82) is 0 Å². The number of esters is 1. The van der Waals surface area contributed by atoms with Crippen LogP contribution in [-0.4, -0.2) is 46.9 Å². The van der Waals surface area contributed by atoms with Crippen LogP contribution < -0.4 is 5.32 Å². The Hall–Kier alpha value is -1.92. The van der Waals surface area contributed by atoms with Gasteiger partial charge < -0.3 is 20.3 Å². The number of hydrogen-bond acceptors (Lipinski definition) is 5. The molecule has 0 spiro atoms. The first kappa shape index (κ1) is 61.1. The maximum atomic E-state index is 13.2. The lowest BCUT2D eigenvalue weighted by atomic mass is 10.0. The van der Waals surface area contributed by atoms with E-state index in [2.05, 4.69) is 62.5 Å². The molecule has 0 aromatic rings. The van der Waals surface area contributed by atoms with E-state index >= 15 is 0 Å². The van der Waals surface area contributed by atoms with Gasteiger partial charge in [0.15, 0.2) is 0 Å². The van der Waals surface area contributed by atoms with Gasteiger partial charge >= 0.3 is 5.97 Å². The molecule has 0 rings (SSSR count). The van der Waals surface area contributed by atoms with Crippen LogP contribution in [0.1, 0.15) is 290 Å². The van der Waals surface area contributed by atoms with E-state index in [4.69, 9.17) is 4.74 Å². The summed E-state index contributed by atoms with van der Waals surface area (Å²) in [4.78, 5) is 26.2. The predicted molar refractivity (Wildman–Crippen MR) is 273 cm³/mol. The van der Waals surface area contributed by atoms with Crippen molar-refractivity contribution in [1.82, 2.24) is 5.32 Å². The van der Waals surface area contributed by atoms with Crippen molar-refractivity contribution in [3.05, 3.63) is 36.5 Å². The average molecular weight is 886 g/mol. The number of carbonyl (C=O) groups excluding carboxylic acids is 2. The van der Waals surface area contributed by atoms with Crippen LogP contribution in [-0.2, 0) is 14.3 Å². The maximum absolute atomic E-state index is 13.2. The minimum Gasteiger partial charge on any atom is -0.462 e. The molecule has 0 radical (unpaired) electrons. The molecule has 3 atom stereocenters. The van der Waals surface area contributed by atoms with Gasteiger partial charge in [0.1, 0.15) is 6.10 Å². The Bertz CT molecular complexity index is 1040. The molecule has 6 heteroatoms. The van der Waals surface area contributed by atoms with E-state index in [0.717, 1.165) is 77.0 Å². The van der Waals surface area contributed by atoms with E-state index in [0.29, 0.717) is 19.3 Å². The van der Waals surface area contributed by atoms with Gasteiger partial charge in [0.05, 0.1) is 25.2 Å². The molecule has 0 fully saturated rings. The number of nitrogens with one attached hydrogen (secondary N) is 1. The van der Waals surface area contributed by atoms with E-state index in [9.17, 15) is 19.8 Å². The van der Waals surface area contributed by atoms with Gasteiger partial charge in [-0.3, -0.25) is 9.59 Å². The predicted octanol–water partition coefficient (Wildman–Crippen LogP) is 16.8. The van der Waals surface area contributed by atoms with E-state index < -0.39 is 18.2 Å². The minimum absolute atomic E-state index is 0.0563. The molecule has 0 aromatic heterocycles. The Morgan fingerprint density at radius 3 is 1.24 bits per heavy atom. The second-order valence-electron chi connectivity index (χ2n) is 19.0. The lowest BCUT2D eigenvalue weighted by Crippen LogP contribution is -2.46. The van der Waals surface area contributed by atoms with Crippen LogP contribution in [0.15, 0.2) is 36.5 Å². The molecule has 0 aliphatic heterocycles. The fraction of sp³-hybridized carbons (Fsp3) is 0.860.